The number of methoxy groups -OCH3 is 2. The minimum atomic E-state index is -0.345. The van der Waals surface area contributed by atoms with Crippen molar-refractivity contribution < 1.29 is 23.9 Å². The first-order valence-electron chi connectivity index (χ1n) is 9.05. The highest BCUT2D eigenvalue weighted by Gasteiger charge is 2.34. The minimum Gasteiger partial charge on any atom is -0.489 e. The lowest BCUT2D eigenvalue weighted by atomic mass is 9.88. The van der Waals surface area contributed by atoms with E-state index in [-0.39, 0.29) is 35.4 Å². The van der Waals surface area contributed by atoms with Crippen LogP contribution in [0.2, 0.25) is 0 Å². The first kappa shape index (κ1) is 20.2. The number of ketones is 2. The number of hydrogen-bond acceptors (Lipinski definition) is 6. The summed E-state index contributed by atoms with van der Waals surface area (Å²) in [6.45, 7) is 3.15. The third-order valence-electron chi connectivity index (χ3n) is 4.97. The van der Waals surface area contributed by atoms with Crippen LogP contribution in [0.1, 0.15) is 22.8 Å². The molecule has 0 aromatic heterocycles. The topological polar surface area (TPSA) is 72.9 Å². The monoisotopic (exact) mass is 401 g/mol. The van der Waals surface area contributed by atoms with Crippen LogP contribution in [0.25, 0.3) is 0 Å². The van der Waals surface area contributed by atoms with Crippen LogP contribution in [-0.4, -0.2) is 61.2 Å². The van der Waals surface area contributed by atoms with E-state index in [9.17, 15) is 14.4 Å². The fourth-order valence-electron chi connectivity index (χ4n) is 3.32. The van der Waals surface area contributed by atoms with Crippen molar-refractivity contribution in [3.8, 4) is 0 Å². The molecule has 6 nitrogen and oxygen atoms in total. The molecule has 148 valence electrons. The molecule has 28 heavy (non-hydrogen) atoms. The van der Waals surface area contributed by atoms with Crippen LogP contribution in [0, 0.1) is 0 Å². The Morgan fingerprint density at radius 3 is 2.14 bits per heavy atom. The van der Waals surface area contributed by atoms with Gasteiger partial charge in [-0.1, -0.05) is 12.1 Å². The Morgan fingerprint density at radius 2 is 1.57 bits per heavy atom. The van der Waals surface area contributed by atoms with E-state index in [0.29, 0.717) is 16.7 Å². The van der Waals surface area contributed by atoms with Crippen molar-refractivity contribution in [1.82, 2.24) is 4.90 Å². The summed E-state index contributed by atoms with van der Waals surface area (Å²) in [5.41, 5.74) is 2.22. The smallest absolute Gasteiger partial charge is 0.253 e. The van der Waals surface area contributed by atoms with Crippen molar-refractivity contribution in [3.63, 3.8) is 0 Å². The van der Waals surface area contributed by atoms with Crippen molar-refractivity contribution in [2.45, 2.75) is 13.3 Å². The lowest BCUT2D eigenvalue weighted by Gasteiger charge is -2.26. The third kappa shape index (κ3) is 3.85. The van der Waals surface area contributed by atoms with E-state index in [0.717, 1.165) is 30.2 Å². The zero-order valence-corrected chi connectivity index (χ0v) is 17.1. The summed E-state index contributed by atoms with van der Waals surface area (Å²) in [4.78, 5) is 39.6. The number of nitrogens with zero attached hydrogens (tertiary/aromatic N) is 1. The van der Waals surface area contributed by atoms with Crippen LogP contribution in [0.4, 0.5) is 0 Å². The number of benzene rings is 1. The van der Waals surface area contributed by atoms with E-state index in [1.54, 1.807) is 19.1 Å². The molecular formula is C21H23NO5S. The molecule has 0 atom stereocenters. The Labute approximate surface area is 168 Å². The molecule has 2 aliphatic rings. The normalized spacial score (nSPS) is 17.9. The highest BCUT2D eigenvalue weighted by molar-refractivity contribution is 7.99. The summed E-state index contributed by atoms with van der Waals surface area (Å²) < 4.78 is 10.2. The van der Waals surface area contributed by atoms with Crippen LogP contribution >= 0.6 is 11.8 Å². The summed E-state index contributed by atoms with van der Waals surface area (Å²) in [5.74, 6) is 1.14. The minimum absolute atomic E-state index is 0.0282. The Hall–Kier alpha value is -2.54. The van der Waals surface area contributed by atoms with Gasteiger partial charge in [-0.2, -0.15) is 11.8 Å². The zero-order chi connectivity index (χ0) is 20.3. The van der Waals surface area contributed by atoms with E-state index in [1.165, 1.54) is 14.2 Å². The van der Waals surface area contributed by atoms with E-state index in [4.69, 9.17) is 9.47 Å². The van der Waals surface area contributed by atoms with Crippen LogP contribution in [0.15, 0.2) is 46.9 Å². The summed E-state index contributed by atoms with van der Waals surface area (Å²) in [5, 5.41) is 0. The van der Waals surface area contributed by atoms with Gasteiger partial charge in [0.2, 0.25) is 23.1 Å². The average molecular weight is 401 g/mol. The van der Waals surface area contributed by atoms with Crippen LogP contribution in [0.5, 0.6) is 0 Å². The molecule has 1 aliphatic carbocycles. The molecule has 1 aliphatic heterocycles. The standard InChI is InChI=1S/C21H23NO5S/c1-13-16(18(24)20(27-3)19(26-2)17(13)23)12-14-4-6-15(7-5-14)21(25)22-8-10-28-11-9-22/h4-7H,8-12H2,1-3H3. The molecule has 7 heteroatoms. The molecule has 1 amide bonds. The molecule has 0 N–H and O–H groups in total. The number of carbonyl (C=O) groups excluding carboxylic acids is 3. The van der Waals surface area contributed by atoms with Gasteiger partial charge < -0.3 is 14.4 Å². The molecule has 0 saturated carbocycles. The maximum Gasteiger partial charge on any atom is 0.253 e. The lowest BCUT2D eigenvalue weighted by Crippen LogP contribution is -2.37. The number of thioether (sulfide) groups is 1. The maximum absolute atomic E-state index is 12.7. The highest BCUT2D eigenvalue weighted by atomic mass is 32.2. The van der Waals surface area contributed by atoms with Gasteiger partial charge >= 0.3 is 0 Å². The Balaban J connectivity index is 1.78. The van der Waals surface area contributed by atoms with Crippen LogP contribution in [-0.2, 0) is 25.5 Å². The first-order valence-corrected chi connectivity index (χ1v) is 10.2. The second-order valence-electron chi connectivity index (χ2n) is 6.61. The van der Waals surface area contributed by atoms with Crippen LogP contribution < -0.4 is 0 Å². The molecular weight excluding hydrogens is 378 g/mol. The molecule has 1 fully saturated rings. The number of ether oxygens (including phenoxy) is 2. The number of allylic oxidation sites excluding steroid dienone is 2. The predicted molar refractivity (Wildman–Crippen MR) is 107 cm³/mol. The molecule has 1 saturated heterocycles. The molecule has 0 bridgehead atoms. The Morgan fingerprint density at radius 1 is 1.00 bits per heavy atom. The molecule has 0 spiro atoms. The van der Waals surface area contributed by atoms with Crippen molar-refractivity contribution in [3.05, 3.63) is 58.1 Å². The molecule has 1 aromatic carbocycles. The molecule has 0 radical (unpaired) electrons. The highest BCUT2D eigenvalue weighted by Crippen LogP contribution is 2.28. The largest absolute Gasteiger partial charge is 0.489 e. The lowest BCUT2D eigenvalue weighted by molar-refractivity contribution is -0.121. The quantitative estimate of drug-likeness (QED) is 0.706. The summed E-state index contributed by atoms with van der Waals surface area (Å²) in [7, 11) is 2.69. The van der Waals surface area contributed by atoms with Gasteiger partial charge in [0.1, 0.15) is 0 Å². The summed E-state index contributed by atoms with van der Waals surface area (Å²) in [6, 6.07) is 7.20. The van der Waals surface area contributed by atoms with E-state index in [1.807, 2.05) is 28.8 Å². The van der Waals surface area contributed by atoms with Gasteiger partial charge in [-0.3, -0.25) is 14.4 Å². The molecule has 1 heterocycles. The Kier molecular flexibility index (Phi) is 6.24. The maximum atomic E-state index is 12.7. The van der Waals surface area contributed by atoms with E-state index in [2.05, 4.69) is 0 Å². The number of rotatable bonds is 5. The van der Waals surface area contributed by atoms with Crippen molar-refractivity contribution >= 4 is 29.2 Å². The van der Waals surface area contributed by atoms with Gasteiger partial charge in [0.05, 0.1) is 14.2 Å². The Bertz CT molecular complexity index is 863. The van der Waals surface area contributed by atoms with Crippen molar-refractivity contribution in [2.24, 2.45) is 0 Å². The number of hydrogen-bond donors (Lipinski definition) is 0. The van der Waals surface area contributed by atoms with Gasteiger partial charge in [0, 0.05) is 47.7 Å². The van der Waals surface area contributed by atoms with Crippen LogP contribution in [0.3, 0.4) is 0 Å². The van der Waals surface area contributed by atoms with E-state index < -0.39 is 0 Å². The van der Waals surface area contributed by atoms with Gasteiger partial charge in [-0.05, 0) is 24.6 Å². The van der Waals surface area contributed by atoms with E-state index >= 15 is 0 Å². The van der Waals surface area contributed by atoms with Gasteiger partial charge in [0.25, 0.3) is 5.91 Å². The van der Waals surface area contributed by atoms with Crippen molar-refractivity contribution in [2.75, 3.05) is 38.8 Å². The third-order valence-corrected chi connectivity index (χ3v) is 5.92. The first-order chi connectivity index (χ1) is 13.5. The number of carbonyl (C=O) groups is 3. The molecule has 3 rings (SSSR count). The zero-order valence-electron chi connectivity index (χ0n) is 16.2. The number of amides is 1. The van der Waals surface area contributed by atoms with Gasteiger partial charge in [-0.15, -0.1) is 0 Å². The average Bonchev–Trinajstić information content (AvgIpc) is 2.74. The summed E-state index contributed by atoms with van der Waals surface area (Å²) >= 11 is 1.86. The second-order valence-corrected chi connectivity index (χ2v) is 7.83. The fraction of sp³-hybridized carbons (Fsp3) is 0.381. The van der Waals surface area contributed by atoms with Crippen molar-refractivity contribution in [1.29, 1.82) is 0 Å². The SMILES string of the molecule is COC1=C(OC)C(=O)C(Cc2ccc(C(=O)N3CCSCC3)cc2)=C(C)C1=O. The molecule has 0 unspecified atom stereocenters. The number of Topliss-reactive ketones (excluding diaryl/α,β-unsaturated/α-hetero) is 2. The summed E-state index contributed by atoms with van der Waals surface area (Å²) in [6.07, 6.45) is 0.287. The fourth-order valence-corrected chi connectivity index (χ4v) is 4.23. The second kappa shape index (κ2) is 8.65. The predicted octanol–water partition coefficient (Wildman–Crippen LogP) is 2.39. The van der Waals surface area contributed by atoms with Gasteiger partial charge in [-0.25, -0.2) is 0 Å². The molecule has 1 aromatic rings. The van der Waals surface area contributed by atoms with Gasteiger partial charge in [0.15, 0.2) is 0 Å².